The van der Waals surface area contributed by atoms with Crippen LogP contribution >= 0.6 is 11.3 Å². The average Bonchev–Trinajstić information content (AvgIpc) is 3.22. The summed E-state index contributed by atoms with van der Waals surface area (Å²) in [5.41, 5.74) is 1.82. The van der Waals surface area contributed by atoms with E-state index in [2.05, 4.69) is 25.3 Å². The number of carbonyl (C=O) groups is 1. The Morgan fingerprint density at radius 2 is 2.11 bits per heavy atom. The van der Waals surface area contributed by atoms with Crippen molar-refractivity contribution >= 4 is 34.4 Å². The van der Waals surface area contributed by atoms with E-state index < -0.39 is 0 Å². The lowest BCUT2D eigenvalue weighted by Crippen LogP contribution is -2.37. The van der Waals surface area contributed by atoms with E-state index in [1.807, 2.05) is 28.5 Å². The molecule has 1 unspecified atom stereocenters. The van der Waals surface area contributed by atoms with Gasteiger partial charge in [0, 0.05) is 42.8 Å². The number of anilines is 2. The van der Waals surface area contributed by atoms with E-state index >= 15 is 0 Å². The Kier molecular flexibility index (Phi) is 5.67. The lowest BCUT2D eigenvalue weighted by atomic mass is 9.99. The minimum atomic E-state index is -0.0108. The van der Waals surface area contributed by atoms with Gasteiger partial charge in [-0.1, -0.05) is 6.07 Å². The molecular formula is C20H20N6OS. The summed E-state index contributed by atoms with van der Waals surface area (Å²) < 4.78 is 0. The number of amides is 1. The molecule has 4 heterocycles. The van der Waals surface area contributed by atoms with E-state index in [0.717, 1.165) is 42.2 Å². The van der Waals surface area contributed by atoms with Crippen LogP contribution in [-0.4, -0.2) is 37.3 Å². The third-order valence-electron chi connectivity index (χ3n) is 4.54. The highest BCUT2D eigenvalue weighted by molar-refractivity contribution is 7.13. The fourth-order valence-electron chi connectivity index (χ4n) is 3.20. The molecule has 1 N–H and O–H groups in total. The predicted molar refractivity (Wildman–Crippen MR) is 109 cm³/mol. The number of hydrogen-bond donors (Lipinski definition) is 1. The van der Waals surface area contributed by atoms with Crippen LogP contribution in [0.5, 0.6) is 0 Å². The molecule has 1 aliphatic heterocycles. The van der Waals surface area contributed by atoms with Crippen LogP contribution in [-0.2, 0) is 4.79 Å². The first-order chi connectivity index (χ1) is 13.8. The molecule has 0 aromatic carbocycles. The zero-order valence-electron chi connectivity index (χ0n) is 15.2. The van der Waals surface area contributed by atoms with E-state index in [4.69, 9.17) is 0 Å². The van der Waals surface area contributed by atoms with Crippen molar-refractivity contribution in [3.63, 3.8) is 0 Å². The molecule has 0 spiro atoms. The van der Waals surface area contributed by atoms with Crippen molar-refractivity contribution in [2.75, 3.05) is 11.9 Å². The van der Waals surface area contributed by atoms with Crippen molar-refractivity contribution in [2.45, 2.75) is 25.3 Å². The minimum absolute atomic E-state index is 0.00227. The SMILES string of the molecule is O=C(C=Cc1cccnc1)N1CCCCC1c1csc(Nc2ncccn2)n1. The zero-order chi connectivity index (χ0) is 19.2. The van der Waals surface area contributed by atoms with E-state index in [1.54, 1.807) is 36.9 Å². The van der Waals surface area contributed by atoms with Crippen LogP contribution in [0.25, 0.3) is 6.08 Å². The first-order valence-electron chi connectivity index (χ1n) is 9.18. The van der Waals surface area contributed by atoms with Gasteiger partial charge in [-0.05, 0) is 43.0 Å². The molecule has 3 aromatic rings. The number of carbonyl (C=O) groups excluding carboxylic acids is 1. The molecule has 0 bridgehead atoms. The Bertz CT molecular complexity index is 944. The molecule has 7 nitrogen and oxygen atoms in total. The first-order valence-corrected chi connectivity index (χ1v) is 10.1. The van der Waals surface area contributed by atoms with Gasteiger partial charge in [0.05, 0.1) is 11.7 Å². The van der Waals surface area contributed by atoms with E-state index in [-0.39, 0.29) is 11.9 Å². The number of rotatable bonds is 5. The molecule has 1 saturated heterocycles. The molecule has 142 valence electrons. The van der Waals surface area contributed by atoms with E-state index in [0.29, 0.717) is 5.95 Å². The fraction of sp³-hybridized carbons (Fsp3) is 0.250. The first kappa shape index (κ1) is 18.2. The Balaban J connectivity index is 1.48. The third-order valence-corrected chi connectivity index (χ3v) is 5.31. The van der Waals surface area contributed by atoms with Gasteiger partial charge in [0.15, 0.2) is 5.13 Å². The number of nitrogens with zero attached hydrogens (tertiary/aromatic N) is 5. The number of piperidine rings is 1. The van der Waals surface area contributed by atoms with Crippen LogP contribution in [0.4, 0.5) is 11.1 Å². The Morgan fingerprint density at radius 3 is 2.93 bits per heavy atom. The summed E-state index contributed by atoms with van der Waals surface area (Å²) in [6.07, 6.45) is 13.3. The molecule has 1 aliphatic rings. The number of nitrogens with one attached hydrogen (secondary N) is 1. The zero-order valence-corrected chi connectivity index (χ0v) is 16.0. The molecule has 3 aromatic heterocycles. The third kappa shape index (κ3) is 4.40. The van der Waals surface area contributed by atoms with Gasteiger partial charge in [-0.2, -0.15) is 0 Å². The highest BCUT2D eigenvalue weighted by Crippen LogP contribution is 2.33. The van der Waals surface area contributed by atoms with Gasteiger partial charge in [0.1, 0.15) is 0 Å². The summed E-state index contributed by atoms with van der Waals surface area (Å²) in [6, 6.07) is 5.54. The predicted octanol–water partition coefficient (Wildman–Crippen LogP) is 3.84. The van der Waals surface area contributed by atoms with Gasteiger partial charge in [-0.15, -0.1) is 11.3 Å². The van der Waals surface area contributed by atoms with Crippen LogP contribution in [0, 0.1) is 0 Å². The van der Waals surface area contributed by atoms with Gasteiger partial charge in [0.2, 0.25) is 11.9 Å². The van der Waals surface area contributed by atoms with E-state index in [1.165, 1.54) is 11.3 Å². The Hall–Kier alpha value is -3.13. The summed E-state index contributed by atoms with van der Waals surface area (Å²) in [5.74, 6) is 0.516. The maximum atomic E-state index is 12.8. The van der Waals surface area contributed by atoms with Gasteiger partial charge < -0.3 is 10.2 Å². The van der Waals surface area contributed by atoms with Crippen molar-refractivity contribution in [3.05, 3.63) is 65.7 Å². The highest BCUT2D eigenvalue weighted by atomic mass is 32.1. The van der Waals surface area contributed by atoms with Crippen molar-refractivity contribution in [1.82, 2.24) is 24.8 Å². The van der Waals surface area contributed by atoms with Crippen LogP contribution in [0.1, 0.15) is 36.6 Å². The fourth-order valence-corrected chi connectivity index (χ4v) is 3.95. The molecule has 0 aliphatic carbocycles. The number of aromatic nitrogens is 4. The number of likely N-dealkylation sites (tertiary alicyclic amines) is 1. The highest BCUT2D eigenvalue weighted by Gasteiger charge is 2.28. The quantitative estimate of drug-likeness (QED) is 0.664. The Morgan fingerprint density at radius 1 is 1.21 bits per heavy atom. The maximum Gasteiger partial charge on any atom is 0.247 e. The van der Waals surface area contributed by atoms with Crippen molar-refractivity contribution in [1.29, 1.82) is 0 Å². The number of hydrogen-bond acceptors (Lipinski definition) is 7. The standard InChI is InChI=1S/C20H20N6OS/c27-18(8-7-15-5-3-9-21-13-15)26-12-2-1-6-17(26)16-14-28-20(24-16)25-19-22-10-4-11-23-19/h3-5,7-11,13-14,17H,1-2,6,12H2,(H,22,23,24,25). The Labute approximate surface area is 167 Å². The van der Waals surface area contributed by atoms with Crippen molar-refractivity contribution in [3.8, 4) is 0 Å². The summed E-state index contributed by atoms with van der Waals surface area (Å²) >= 11 is 1.50. The molecule has 0 saturated carbocycles. The van der Waals surface area contributed by atoms with Crippen molar-refractivity contribution in [2.24, 2.45) is 0 Å². The molecule has 1 fully saturated rings. The topological polar surface area (TPSA) is 83.9 Å². The van der Waals surface area contributed by atoms with Crippen LogP contribution in [0.3, 0.4) is 0 Å². The second-order valence-corrected chi connectivity index (χ2v) is 7.30. The second-order valence-electron chi connectivity index (χ2n) is 6.44. The molecular weight excluding hydrogens is 372 g/mol. The molecule has 1 amide bonds. The summed E-state index contributed by atoms with van der Waals surface area (Å²) in [4.78, 5) is 31.8. The average molecular weight is 392 g/mol. The molecule has 4 rings (SSSR count). The van der Waals surface area contributed by atoms with Crippen molar-refractivity contribution < 1.29 is 4.79 Å². The summed E-state index contributed by atoms with van der Waals surface area (Å²) in [7, 11) is 0. The lowest BCUT2D eigenvalue weighted by molar-refractivity contribution is -0.129. The van der Waals surface area contributed by atoms with Gasteiger partial charge in [-0.3, -0.25) is 9.78 Å². The smallest absolute Gasteiger partial charge is 0.247 e. The van der Waals surface area contributed by atoms with E-state index in [9.17, 15) is 4.79 Å². The molecule has 1 atom stereocenters. The second kappa shape index (κ2) is 8.71. The molecule has 8 heteroatoms. The number of thiazole rings is 1. The molecule has 0 radical (unpaired) electrons. The van der Waals surface area contributed by atoms with Gasteiger partial charge >= 0.3 is 0 Å². The summed E-state index contributed by atoms with van der Waals surface area (Å²) in [5, 5.41) is 5.85. The minimum Gasteiger partial charge on any atom is -0.331 e. The van der Waals surface area contributed by atoms with Crippen LogP contribution in [0.15, 0.2) is 54.4 Å². The van der Waals surface area contributed by atoms with Crippen LogP contribution < -0.4 is 5.32 Å². The largest absolute Gasteiger partial charge is 0.331 e. The maximum absolute atomic E-state index is 12.8. The number of pyridine rings is 1. The normalized spacial score (nSPS) is 17.0. The summed E-state index contributed by atoms with van der Waals surface area (Å²) in [6.45, 7) is 0.739. The lowest BCUT2D eigenvalue weighted by Gasteiger charge is -2.34. The monoisotopic (exact) mass is 392 g/mol. The van der Waals surface area contributed by atoms with Gasteiger partial charge in [0.25, 0.3) is 0 Å². The molecule has 28 heavy (non-hydrogen) atoms. The van der Waals surface area contributed by atoms with Gasteiger partial charge in [-0.25, -0.2) is 15.0 Å². The van der Waals surface area contributed by atoms with Crippen LogP contribution in [0.2, 0.25) is 0 Å².